The quantitative estimate of drug-likeness (QED) is 0.0521. The van der Waals surface area contributed by atoms with Gasteiger partial charge in [0.15, 0.2) is 0 Å². The van der Waals surface area contributed by atoms with Crippen LogP contribution in [0, 0.1) is 22.7 Å². The van der Waals surface area contributed by atoms with E-state index in [1.165, 1.54) is 12.8 Å². The molecule has 0 aliphatic carbocycles. The average Bonchev–Trinajstić information content (AvgIpc) is 2.82. The minimum atomic E-state index is -0.165. The number of carbonyl (C=O) groups excluding carboxylic acids is 2. The van der Waals surface area contributed by atoms with Gasteiger partial charge in [0.05, 0.1) is 12.8 Å². The van der Waals surface area contributed by atoms with Gasteiger partial charge in [-0.05, 0) is 69.1 Å². The highest BCUT2D eigenvalue weighted by Gasteiger charge is 2.20. The molecule has 41 heavy (non-hydrogen) atoms. The van der Waals surface area contributed by atoms with Crippen LogP contribution in [0.3, 0.4) is 0 Å². The fraction of sp³-hybridized carbons (Fsp3) is 0.935. The average molecular weight is 655 g/mol. The predicted octanol–water partition coefficient (Wildman–Crippen LogP) is 8.01. The fourth-order valence-electron chi connectivity index (χ4n) is 4.82. The van der Waals surface area contributed by atoms with Gasteiger partial charge in [0.1, 0.15) is 13.2 Å². The van der Waals surface area contributed by atoms with Crippen LogP contribution < -0.4 is 0 Å². The Kier molecular flexibility index (Phi) is 23.8. The van der Waals surface area contributed by atoms with E-state index in [-0.39, 0.29) is 11.9 Å². The number of esters is 2. The zero-order chi connectivity index (χ0) is 31.3. The molecule has 0 spiro atoms. The predicted molar refractivity (Wildman–Crippen MR) is 187 cm³/mol. The number of carbonyl (C=O) groups is 2. The van der Waals surface area contributed by atoms with Gasteiger partial charge in [0.2, 0.25) is 0 Å². The Morgan fingerprint density at radius 1 is 0.659 bits per heavy atom. The van der Waals surface area contributed by atoms with Crippen LogP contribution in [-0.2, 0) is 19.1 Å². The van der Waals surface area contributed by atoms with E-state index in [2.05, 4.69) is 79.3 Å². The molecule has 0 N–H and O–H groups in total. The Balaban J connectivity index is 4.23. The highest BCUT2D eigenvalue weighted by Crippen LogP contribution is 2.35. The minimum Gasteiger partial charge on any atom is -0.465 e. The molecular formula is C31H62N2O4S4. The van der Waals surface area contributed by atoms with Crippen molar-refractivity contribution >= 4 is 55.1 Å². The molecule has 0 aliphatic heterocycles. The van der Waals surface area contributed by atoms with E-state index >= 15 is 0 Å². The first-order valence-corrected chi connectivity index (χ1v) is 20.3. The third-order valence-corrected chi connectivity index (χ3v) is 11.7. The molecule has 0 atom stereocenters. The minimum absolute atomic E-state index is 0.165. The smallest absolute Gasteiger partial charge is 0.307 e. The molecule has 0 amide bonds. The van der Waals surface area contributed by atoms with Crippen molar-refractivity contribution in [2.24, 2.45) is 22.7 Å². The molecule has 10 heteroatoms. The second kappa shape index (κ2) is 23.6. The summed E-state index contributed by atoms with van der Waals surface area (Å²) in [6, 6.07) is 0. The van der Waals surface area contributed by atoms with Crippen molar-refractivity contribution in [3.8, 4) is 0 Å². The van der Waals surface area contributed by atoms with E-state index in [0.29, 0.717) is 61.8 Å². The van der Waals surface area contributed by atoms with Crippen LogP contribution in [0.4, 0.5) is 0 Å². The van der Waals surface area contributed by atoms with Gasteiger partial charge in [-0.1, -0.05) is 98.6 Å². The molecule has 6 nitrogen and oxygen atoms in total. The van der Waals surface area contributed by atoms with Crippen molar-refractivity contribution < 1.29 is 19.1 Å². The second-order valence-corrected chi connectivity index (χ2v) is 18.8. The largest absolute Gasteiger partial charge is 0.465 e. The molecule has 0 aromatic heterocycles. The van der Waals surface area contributed by atoms with Gasteiger partial charge in [-0.2, -0.15) is 0 Å². The molecule has 0 saturated carbocycles. The Morgan fingerprint density at radius 3 is 1.44 bits per heavy atom. The highest BCUT2D eigenvalue weighted by molar-refractivity contribution is 8.77. The second-order valence-electron chi connectivity index (χ2n) is 13.6. The van der Waals surface area contributed by atoms with Crippen LogP contribution in [0.2, 0.25) is 0 Å². The van der Waals surface area contributed by atoms with Gasteiger partial charge in [-0.15, -0.1) is 0 Å². The lowest BCUT2D eigenvalue weighted by Crippen LogP contribution is -2.32. The molecule has 0 aromatic carbocycles. The summed E-state index contributed by atoms with van der Waals surface area (Å²) in [4.78, 5) is 29.0. The van der Waals surface area contributed by atoms with Crippen LogP contribution in [0.1, 0.15) is 87.5 Å². The Morgan fingerprint density at radius 2 is 1.07 bits per heavy atom. The number of rotatable bonds is 26. The summed E-state index contributed by atoms with van der Waals surface area (Å²) in [6.07, 6.45) is 4.11. The molecule has 0 aliphatic rings. The monoisotopic (exact) mass is 654 g/mol. The molecular weight excluding hydrogens is 593 g/mol. The normalized spacial score (nSPS) is 12.6. The first-order chi connectivity index (χ1) is 19.1. The lowest BCUT2D eigenvalue weighted by atomic mass is 9.86. The van der Waals surface area contributed by atoms with Crippen LogP contribution >= 0.6 is 43.2 Å². The van der Waals surface area contributed by atoms with Crippen molar-refractivity contribution in [3.63, 3.8) is 0 Å². The van der Waals surface area contributed by atoms with Gasteiger partial charge < -0.3 is 19.3 Å². The zero-order valence-corrected chi connectivity index (χ0v) is 31.2. The standard InChI is InChI=1S/C31H62N2O4S4/c1-26(2)22-30(5,6)24-40-38-20-18-36-28(34)12-16-33(15-11-14-32(9)10)17-13-29(35)37-19-21-39-41-25-31(7,8)23-27(3)4/h26-27H,11-25H2,1-10H3. The summed E-state index contributed by atoms with van der Waals surface area (Å²) in [7, 11) is 11.4. The van der Waals surface area contributed by atoms with Gasteiger partial charge in [0.25, 0.3) is 0 Å². The molecule has 244 valence electrons. The van der Waals surface area contributed by atoms with Crippen molar-refractivity contribution in [3.05, 3.63) is 0 Å². The number of nitrogens with zero attached hydrogens (tertiary/aromatic N) is 2. The summed E-state index contributed by atoms with van der Waals surface area (Å²) in [5, 5.41) is 0. The fourth-order valence-corrected chi connectivity index (χ4v) is 9.93. The maximum Gasteiger partial charge on any atom is 0.307 e. The van der Waals surface area contributed by atoms with Crippen molar-refractivity contribution in [1.82, 2.24) is 9.80 Å². The molecule has 0 fully saturated rings. The molecule has 0 heterocycles. The van der Waals surface area contributed by atoms with Gasteiger partial charge in [-0.25, -0.2) is 0 Å². The van der Waals surface area contributed by atoms with Crippen LogP contribution in [0.25, 0.3) is 0 Å². The summed E-state index contributed by atoms with van der Waals surface area (Å²) in [6.45, 7) is 22.3. The Hall–Kier alpha value is 0.260. The lowest BCUT2D eigenvalue weighted by molar-refractivity contribution is -0.143. The first kappa shape index (κ1) is 41.3. The van der Waals surface area contributed by atoms with Crippen molar-refractivity contribution in [2.45, 2.75) is 87.5 Å². The van der Waals surface area contributed by atoms with Crippen LogP contribution in [0.5, 0.6) is 0 Å². The van der Waals surface area contributed by atoms with E-state index in [4.69, 9.17) is 9.47 Å². The van der Waals surface area contributed by atoms with Crippen molar-refractivity contribution in [1.29, 1.82) is 0 Å². The molecule has 0 unspecified atom stereocenters. The lowest BCUT2D eigenvalue weighted by Gasteiger charge is -2.25. The van der Waals surface area contributed by atoms with Gasteiger partial charge >= 0.3 is 11.9 Å². The molecule has 0 radical (unpaired) electrons. The molecule has 0 rings (SSSR count). The topological polar surface area (TPSA) is 59.1 Å². The van der Waals surface area contributed by atoms with E-state index in [0.717, 1.165) is 42.5 Å². The maximum absolute atomic E-state index is 12.4. The van der Waals surface area contributed by atoms with Crippen molar-refractivity contribution in [2.75, 3.05) is 76.5 Å². The third-order valence-electron chi connectivity index (χ3n) is 6.19. The summed E-state index contributed by atoms with van der Waals surface area (Å²) in [5.41, 5.74) is 0.653. The van der Waals surface area contributed by atoms with E-state index < -0.39 is 0 Å². The van der Waals surface area contributed by atoms with E-state index in [1.54, 1.807) is 21.6 Å². The number of hydrogen-bond donors (Lipinski definition) is 0. The summed E-state index contributed by atoms with van der Waals surface area (Å²) >= 11 is 0. The zero-order valence-electron chi connectivity index (χ0n) is 27.9. The summed E-state index contributed by atoms with van der Waals surface area (Å²) in [5.74, 6) is 4.89. The third kappa shape index (κ3) is 27.5. The number of hydrogen-bond acceptors (Lipinski definition) is 10. The molecule has 0 saturated heterocycles. The van der Waals surface area contributed by atoms with Gasteiger partial charge in [-0.3, -0.25) is 9.59 Å². The Labute approximate surface area is 269 Å². The van der Waals surface area contributed by atoms with Crippen LogP contribution in [-0.4, -0.2) is 98.2 Å². The molecule has 0 bridgehead atoms. The van der Waals surface area contributed by atoms with Crippen LogP contribution in [0.15, 0.2) is 0 Å². The van der Waals surface area contributed by atoms with Gasteiger partial charge in [0, 0.05) is 36.1 Å². The highest BCUT2D eigenvalue weighted by atomic mass is 33.1. The first-order valence-electron chi connectivity index (χ1n) is 15.3. The number of ether oxygens (including phenoxy) is 2. The SMILES string of the molecule is CC(C)CC(C)(C)CSSCCOC(=O)CCN(CCCN(C)C)CCC(=O)OCCSSCC(C)(C)CC(C)C. The molecule has 0 aromatic rings. The Bertz CT molecular complexity index is 641. The van der Waals surface area contributed by atoms with E-state index in [1.807, 2.05) is 21.6 Å². The van der Waals surface area contributed by atoms with E-state index in [9.17, 15) is 9.59 Å². The summed E-state index contributed by atoms with van der Waals surface area (Å²) < 4.78 is 11.0. The maximum atomic E-state index is 12.4.